The molecule has 0 atom stereocenters. The molecule has 1 N–H and O–H groups in total. The van der Waals surface area contributed by atoms with Crippen LogP contribution in [0.2, 0.25) is 0 Å². The van der Waals surface area contributed by atoms with Gasteiger partial charge in [0.05, 0.1) is 0 Å². The van der Waals surface area contributed by atoms with E-state index in [9.17, 15) is 4.79 Å². The highest BCUT2D eigenvalue weighted by atomic mass is 32.1. The van der Waals surface area contributed by atoms with Crippen LogP contribution in [0.25, 0.3) is 0 Å². The lowest BCUT2D eigenvalue weighted by Crippen LogP contribution is -2.46. The van der Waals surface area contributed by atoms with Gasteiger partial charge in [0, 0.05) is 42.6 Å². The Balaban J connectivity index is 1.69. The van der Waals surface area contributed by atoms with Gasteiger partial charge in [-0.1, -0.05) is 0 Å². The Morgan fingerprint density at radius 2 is 1.90 bits per heavy atom. The number of piperazine rings is 1. The van der Waals surface area contributed by atoms with Crippen molar-refractivity contribution in [1.82, 2.24) is 9.97 Å². The molecule has 0 spiro atoms. The van der Waals surface area contributed by atoms with E-state index in [4.69, 9.17) is 5.11 Å². The third-order valence-corrected chi connectivity index (χ3v) is 5.09. The first-order valence-electron chi connectivity index (χ1n) is 6.25. The second-order valence-corrected chi connectivity index (χ2v) is 6.55. The van der Waals surface area contributed by atoms with Gasteiger partial charge in [0.15, 0.2) is 16.0 Å². The summed E-state index contributed by atoms with van der Waals surface area (Å²) in [5, 5.41) is 12.9. The number of thiazole rings is 2. The summed E-state index contributed by atoms with van der Waals surface area (Å²) in [5.74, 6) is -0.952. The molecule has 0 amide bonds. The summed E-state index contributed by atoms with van der Waals surface area (Å²) < 4.78 is 0. The SMILES string of the molecule is Cc1sc(N2CCN(c3nccs3)CC2)nc1C(=O)O. The van der Waals surface area contributed by atoms with Crippen molar-refractivity contribution in [3.63, 3.8) is 0 Å². The van der Waals surface area contributed by atoms with E-state index >= 15 is 0 Å². The fraction of sp³-hybridized carbons (Fsp3) is 0.417. The number of nitrogens with zero attached hydrogens (tertiary/aromatic N) is 4. The molecule has 0 saturated carbocycles. The quantitative estimate of drug-likeness (QED) is 0.934. The van der Waals surface area contributed by atoms with Gasteiger partial charge in [-0.15, -0.1) is 22.7 Å². The van der Waals surface area contributed by atoms with E-state index in [1.165, 1.54) is 11.3 Å². The molecular weight excluding hydrogens is 296 g/mol. The monoisotopic (exact) mass is 310 g/mol. The first-order valence-corrected chi connectivity index (χ1v) is 7.95. The standard InChI is InChI=1S/C12H14N4O2S2/c1-8-9(10(17)18)14-12(20-8)16-5-3-15(4-6-16)11-13-2-7-19-11/h2,7H,3-6H2,1H3,(H,17,18). The highest BCUT2D eigenvalue weighted by Gasteiger charge is 2.23. The van der Waals surface area contributed by atoms with Crippen molar-refractivity contribution < 1.29 is 9.90 Å². The zero-order valence-corrected chi connectivity index (χ0v) is 12.6. The lowest BCUT2D eigenvalue weighted by molar-refractivity contribution is 0.0690. The van der Waals surface area contributed by atoms with Crippen LogP contribution in [0.1, 0.15) is 15.4 Å². The zero-order valence-electron chi connectivity index (χ0n) is 10.9. The average Bonchev–Trinajstić information content (AvgIpc) is 3.08. The highest BCUT2D eigenvalue weighted by molar-refractivity contribution is 7.15. The largest absolute Gasteiger partial charge is 0.476 e. The molecule has 1 saturated heterocycles. The Bertz CT molecular complexity index is 603. The van der Waals surface area contributed by atoms with E-state index in [1.807, 2.05) is 11.6 Å². The van der Waals surface area contributed by atoms with E-state index in [1.54, 1.807) is 18.3 Å². The Morgan fingerprint density at radius 1 is 1.25 bits per heavy atom. The van der Waals surface area contributed by atoms with Crippen molar-refractivity contribution in [2.75, 3.05) is 36.0 Å². The molecule has 0 aliphatic carbocycles. The van der Waals surface area contributed by atoms with Crippen LogP contribution in [0.4, 0.5) is 10.3 Å². The Kier molecular flexibility index (Phi) is 3.58. The Labute approximate surface area is 124 Å². The van der Waals surface area contributed by atoms with Gasteiger partial charge < -0.3 is 14.9 Å². The molecule has 1 fully saturated rings. The number of hydrogen-bond donors (Lipinski definition) is 1. The van der Waals surface area contributed by atoms with Crippen molar-refractivity contribution >= 4 is 38.9 Å². The molecule has 20 heavy (non-hydrogen) atoms. The van der Waals surface area contributed by atoms with Crippen molar-refractivity contribution in [2.24, 2.45) is 0 Å². The van der Waals surface area contributed by atoms with E-state index in [0.717, 1.165) is 41.3 Å². The molecule has 2 aromatic heterocycles. The molecule has 0 aromatic carbocycles. The summed E-state index contributed by atoms with van der Waals surface area (Å²) >= 11 is 3.09. The number of anilines is 2. The lowest BCUT2D eigenvalue weighted by atomic mass is 10.3. The van der Waals surface area contributed by atoms with Crippen LogP contribution < -0.4 is 9.80 Å². The summed E-state index contributed by atoms with van der Waals surface area (Å²) in [6.45, 7) is 5.25. The third-order valence-electron chi connectivity index (χ3n) is 3.23. The summed E-state index contributed by atoms with van der Waals surface area (Å²) in [6, 6.07) is 0. The minimum atomic E-state index is -0.952. The minimum absolute atomic E-state index is 0.173. The molecular formula is C12H14N4O2S2. The van der Waals surface area contributed by atoms with Crippen molar-refractivity contribution in [1.29, 1.82) is 0 Å². The summed E-state index contributed by atoms with van der Waals surface area (Å²) in [7, 11) is 0. The van der Waals surface area contributed by atoms with Crippen LogP contribution in [0.5, 0.6) is 0 Å². The van der Waals surface area contributed by atoms with E-state index in [0.29, 0.717) is 0 Å². The average molecular weight is 310 g/mol. The molecule has 106 valence electrons. The minimum Gasteiger partial charge on any atom is -0.476 e. The maximum Gasteiger partial charge on any atom is 0.355 e. The Morgan fingerprint density at radius 3 is 2.40 bits per heavy atom. The fourth-order valence-corrected chi connectivity index (χ4v) is 3.83. The van der Waals surface area contributed by atoms with Gasteiger partial charge in [-0.25, -0.2) is 14.8 Å². The number of rotatable bonds is 3. The van der Waals surface area contributed by atoms with Gasteiger partial charge in [0.25, 0.3) is 0 Å². The second-order valence-electron chi connectivity index (χ2n) is 4.50. The zero-order chi connectivity index (χ0) is 14.1. The van der Waals surface area contributed by atoms with Crippen LogP contribution in [0, 0.1) is 6.92 Å². The van der Waals surface area contributed by atoms with Crippen molar-refractivity contribution in [2.45, 2.75) is 6.92 Å². The maximum absolute atomic E-state index is 11.0. The van der Waals surface area contributed by atoms with Gasteiger partial charge in [0.2, 0.25) is 0 Å². The number of hydrogen-bond acceptors (Lipinski definition) is 7. The first-order chi connectivity index (χ1) is 9.65. The maximum atomic E-state index is 11.0. The van der Waals surface area contributed by atoms with Gasteiger partial charge >= 0.3 is 5.97 Å². The third kappa shape index (κ3) is 2.48. The van der Waals surface area contributed by atoms with Crippen molar-refractivity contribution in [3.05, 3.63) is 22.1 Å². The number of carboxylic acid groups (broad SMARTS) is 1. The molecule has 3 heterocycles. The van der Waals surface area contributed by atoms with Crippen LogP contribution in [0.3, 0.4) is 0 Å². The smallest absolute Gasteiger partial charge is 0.355 e. The molecule has 6 nitrogen and oxygen atoms in total. The normalized spacial score (nSPS) is 15.7. The predicted octanol–water partition coefficient (Wildman–Crippen LogP) is 1.93. The van der Waals surface area contributed by atoms with Crippen LogP contribution >= 0.6 is 22.7 Å². The second kappa shape index (κ2) is 5.37. The van der Waals surface area contributed by atoms with Gasteiger partial charge in [-0.3, -0.25) is 0 Å². The van der Waals surface area contributed by atoms with Crippen LogP contribution in [-0.2, 0) is 0 Å². The van der Waals surface area contributed by atoms with E-state index in [-0.39, 0.29) is 5.69 Å². The lowest BCUT2D eigenvalue weighted by Gasteiger charge is -2.34. The highest BCUT2D eigenvalue weighted by Crippen LogP contribution is 2.27. The number of aromatic carboxylic acids is 1. The van der Waals surface area contributed by atoms with Crippen LogP contribution in [-0.4, -0.2) is 47.2 Å². The summed E-state index contributed by atoms with van der Waals surface area (Å²) in [5.41, 5.74) is 0.173. The predicted molar refractivity (Wildman–Crippen MR) is 80.4 cm³/mol. The van der Waals surface area contributed by atoms with Crippen LogP contribution in [0.15, 0.2) is 11.6 Å². The van der Waals surface area contributed by atoms with E-state index in [2.05, 4.69) is 19.8 Å². The number of aryl methyl sites for hydroxylation is 1. The topological polar surface area (TPSA) is 69.6 Å². The fourth-order valence-electron chi connectivity index (χ4n) is 2.18. The summed E-state index contributed by atoms with van der Waals surface area (Å²) in [4.78, 5) is 24.7. The number of aromatic nitrogens is 2. The van der Waals surface area contributed by atoms with Gasteiger partial charge in [0.1, 0.15) is 0 Å². The first kappa shape index (κ1) is 13.3. The van der Waals surface area contributed by atoms with Crippen molar-refractivity contribution in [3.8, 4) is 0 Å². The van der Waals surface area contributed by atoms with E-state index < -0.39 is 5.97 Å². The number of carboxylic acids is 1. The molecule has 3 rings (SSSR count). The van der Waals surface area contributed by atoms with Gasteiger partial charge in [-0.2, -0.15) is 0 Å². The Hall–Kier alpha value is -1.67. The molecule has 1 aliphatic rings. The molecule has 0 unspecified atom stereocenters. The molecule has 8 heteroatoms. The number of carbonyl (C=O) groups is 1. The molecule has 0 bridgehead atoms. The molecule has 2 aromatic rings. The molecule has 0 radical (unpaired) electrons. The molecule has 1 aliphatic heterocycles. The summed E-state index contributed by atoms with van der Waals surface area (Å²) in [6.07, 6.45) is 1.82. The van der Waals surface area contributed by atoms with Gasteiger partial charge in [-0.05, 0) is 6.92 Å².